The van der Waals surface area contributed by atoms with Gasteiger partial charge >= 0.3 is 0 Å². The molecule has 4 heteroatoms. The van der Waals surface area contributed by atoms with Crippen molar-refractivity contribution in [1.82, 2.24) is 15.0 Å². The van der Waals surface area contributed by atoms with Crippen molar-refractivity contribution in [2.24, 2.45) is 0 Å². The molecule has 0 amide bonds. The average molecular weight is 359 g/mol. The van der Waals surface area contributed by atoms with Crippen LogP contribution in [0.2, 0.25) is 0 Å². The number of hydrogen-bond donors (Lipinski definition) is 0. The average Bonchev–Trinajstić information content (AvgIpc) is 2.98. The summed E-state index contributed by atoms with van der Waals surface area (Å²) in [7, 11) is 0. The first-order valence-corrected chi connectivity index (χ1v) is 9.32. The van der Waals surface area contributed by atoms with Crippen LogP contribution in [0.5, 0.6) is 0 Å². The summed E-state index contributed by atoms with van der Waals surface area (Å²) in [5.74, 6) is 2.26. The molecule has 2 aromatic carbocycles. The third kappa shape index (κ3) is 3.09. The van der Waals surface area contributed by atoms with Gasteiger partial charge in [-0.05, 0) is 12.1 Å². The van der Waals surface area contributed by atoms with Gasteiger partial charge in [-0.3, -0.25) is 0 Å². The molecule has 0 aliphatic heterocycles. The second-order valence-corrected chi connectivity index (χ2v) is 9.09. The first-order valence-electron chi connectivity index (χ1n) is 9.32. The Balaban J connectivity index is 2.03. The Hall–Kier alpha value is -2.75. The molecule has 0 radical (unpaired) electrons. The van der Waals surface area contributed by atoms with E-state index in [-0.39, 0.29) is 10.8 Å². The summed E-state index contributed by atoms with van der Waals surface area (Å²) in [6.07, 6.45) is 0. The minimum atomic E-state index is -0.167. The minimum Gasteiger partial charge on any atom is -0.455 e. The van der Waals surface area contributed by atoms with Crippen molar-refractivity contribution in [3.63, 3.8) is 0 Å². The minimum absolute atomic E-state index is 0.167. The zero-order valence-corrected chi connectivity index (χ0v) is 16.8. The molecule has 138 valence electrons. The highest BCUT2D eigenvalue weighted by Gasteiger charge is 2.26. The van der Waals surface area contributed by atoms with Crippen molar-refractivity contribution < 1.29 is 4.42 Å². The molecule has 4 rings (SSSR count). The molecule has 2 aromatic heterocycles. The van der Waals surface area contributed by atoms with Gasteiger partial charge in [-0.15, -0.1) is 0 Å². The predicted molar refractivity (Wildman–Crippen MR) is 110 cm³/mol. The Morgan fingerprint density at radius 3 is 1.89 bits per heavy atom. The highest BCUT2D eigenvalue weighted by Crippen LogP contribution is 2.35. The Bertz CT molecular complexity index is 1110. The fourth-order valence-electron chi connectivity index (χ4n) is 3.09. The van der Waals surface area contributed by atoms with Crippen molar-refractivity contribution in [2.75, 3.05) is 0 Å². The largest absolute Gasteiger partial charge is 0.455 e. The van der Waals surface area contributed by atoms with Crippen LogP contribution in [0.25, 0.3) is 33.3 Å². The molecule has 0 aliphatic carbocycles. The molecular weight excluding hydrogens is 334 g/mol. The fourth-order valence-corrected chi connectivity index (χ4v) is 3.09. The maximum Gasteiger partial charge on any atom is 0.167 e. The van der Waals surface area contributed by atoms with Gasteiger partial charge in [-0.2, -0.15) is 0 Å². The summed E-state index contributed by atoms with van der Waals surface area (Å²) >= 11 is 0. The summed E-state index contributed by atoms with van der Waals surface area (Å²) in [6.45, 7) is 12.8. The van der Waals surface area contributed by atoms with Crippen LogP contribution in [-0.4, -0.2) is 15.0 Å². The predicted octanol–water partition coefficient (Wildman–Crippen LogP) is 6.03. The molecule has 4 aromatic rings. The molecule has 27 heavy (non-hydrogen) atoms. The summed E-state index contributed by atoms with van der Waals surface area (Å²) in [6, 6.07) is 14.2. The number of furan rings is 1. The molecular formula is C23H25N3O. The second kappa shape index (κ2) is 5.88. The van der Waals surface area contributed by atoms with Crippen LogP contribution < -0.4 is 0 Å². The maximum absolute atomic E-state index is 6.19. The molecule has 0 aliphatic rings. The van der Waals surface area contributed by atoms with Gasteiger partial charge in [0.2, 0.25) is 0 Å². The monoisotopic (exact) mass is 359 g/mol. The van der Waals surface area contributed by atoms with Gasteiger partial charge < -0.3 is 4.42 Å². The van der Waals surface area contributed by atoms with Crippen LogP contribution in [0.4, 0.5) is 0 Å². The molecule has 0 unspecified atom stereocenters. The van der Waals surface area contributed by atoms with E-state index >= 15 is 0 Å². The molecule has 0 saturated carbocycles. The van der Waals surface area contributed by atoms with E-state index in [0.29, 0.717) is 5.82 Å². The van der Waals surface area contributed by atoms with Gasteiger partial charge in [0.05, 0.1) is 5.56 Å². The number of para-hydroxylation sites is 2. The Morgan fingerprint density at radius 1 is 0.667 bits per heavy atom. The van der Waals surface area contributed by atoms with E-state index in [1.807, 2.05) is 30.3 Å². The standard InChI is InChI=1S/C23H25N3O/c1-22(2,3)20-24-19(25-21(26-20)23(4,5)6)16-12-9-11-15-14-10-7-8-13-17(14)27-18(15)16/h7-13H,1-6H3. The molecule has 0 spiro atoms. The van der Waals surface area contributed by atoms with E-state index in [0.717, 1.165) is 39.2 Å². The SMILES string of the molecule is CC(C)(C)c1nc(-c2cccc3c2oc2ccccc23)nc(C(C)(C)C)n1. The smallest absolute Gasteiger partial charge is 0.167 e. The lowest BCUT2D eigenvalue weighted by Crippen LogP contribution is -2.24. The normalized spacial score (nSPS) is 12.8. The number of fused-ring (bicyclic) bond motifs is 3. The number of benzene rings is 2. The van der Waals surface area contributed by atoms with Gasteiger partial charge in [0.25, 0.3) is 0 Å². The van der Waals surface area contributed by atoms with E-state index in [9.17, 15) is 0 Å². The van der Waals surface area contributed by atoms with Crippen LogP contribution in [0.3, 0.4) is 0 Å². The third-order valence-corrected chi connectivity index (χ3v) is 4.62. The summed E-state index contributed by atoms with van der Waals surface area (Å²) in [4.78, 5) is 14.4. The highest BCUT2D eigenvalue weighted by atomic mass is 16.3. The number of rotatable bonds is 1. The lowest BCUT2D eigenvalue weighted by molar-refractivity contribution is 0.497. The van der Waals surface area contributed by atoms with E-state index in [1.165, 1.54) is 0 Å². The topological polar surface area (TPSA) is 51.8 Å². The maximum atomic E-state index is 6.19. The molecule has 0 bridgehead atoms. The van der Waals surface area contributed by atoms with Gasteiger partial charge in [0, 0.05) is 21.6 Å². The number of nitrogens with zero attached hydrogens (tertiary/aromatic N) is 3. The van der Waals surface area contributed by atoms with Crippen molar-refractivity contribution in [2.45, 2.75) is 52.4 Å². The van der Waals surface area contributed by atoms with Crippen molar-refractivity contribution in [1.29, 1.82) is 0 Å². The van der Waals surface area contributed by atoms with Crippen LogP contribution in [0.1, 0.15) is 53.2 Å². The third-order valence-electron chi connectivity index (χ3n) is 4.62. The Morgan fingerprint density at radius 2 is 1.26 bits per heavy atom. The van der Waals surface area contributed by atoms with Gasteiger partial charge in [0.15, 0.2) is 5.82 Å². The molecule has 2 heterocycles. The molecule has 0 N–H and O–H groups in total. The lowest BCUT2D eigenvalue weighted by Gasteiger charge is -2.22. The van der Waals surface area contributed by atoms with E-state index in [1.54, 1.807) is 0 Å². The summed E-state index contributed by atoms with van der Waals surface area (Å²) in [5, 5.41) is 2.19. The summed E-state index contributed by atoms with van der Waals surface area (Å²) < 4.78 is 6.19. The fraction of sp³-hybridized carbons (Fsp3) is 0.348. The van der Waals surface area contributed by atoms with Gasteiger partial charge in [-0.25, -0.2) is 15.0 Å². The van der Waals surface area contributed by atoms with Gasteiger partial charge in [0.1, 0.15) is 22.8 Å². The van der Waals surface area contributed by atoms with E-state index < -0.39 is 0 Å². The van der Waals surface area contributed by atoms with Crippen molar-refractivity contribution >= 4 is 21.9 Å². The molecule has 0 fully saturated rings. The highest BCUT2D eigenvalue weighted by molar-refractivity contribution is 6.08. The van der Waals surface area contributed by atoms with Crippen molar-refractivity contribution in [3.8, 4) is 11.4 Å². The van der Waals surface area contributed by atoms with Crippen LogP contribution in [0.15, 0.2) is 46.9 Å². The van der Waals surface area contributed by atoms with Gasteiger partial charge in [-0.1, -0.05) is 71.9 Å². The quantitative estimate of drug-likeness (QED) is 0.416. The van der Waals surface area contributed by atoms with E-state index in [2.05, 4.69) is 53.7 Å². The van der Waals surface area contributed by atoms with Crippen LogP contribution >= 0.6 is 0 Å². The van der Waals surface area contributed by atoms with Crippen molar-refractivity contribution in [3.05, 3.63) is 54.1 Å². The second-order valence-electron chi connectivity index (χ2n) is 9.09. The lowest BCUT2D eigenvalue weighted by atomic mass is 9.93. The van der Waals surface area contributed by atoms with E-state index in [4.69, 9.17) is 19.4 Å². The first kappa shape index (κ1) is 17.7. The Kier molecular flexibility index (Phi) is 3.84. The van der Waals surface area contributed by atoms with Crippen LogP contribution in [-0.2, 0) is 10.8 Å². The molecule has 0 atom stereocenters. The molecule has 0 saturated heterocycles. The first-order chi connectivity index (χ1) is 12.6. The van der Waals surface area contributed by atoms with Crippen LogP contribution in [0, 0.1) is 0 Å². The molecule has 4 nitrogen and oxygen atoms in total. The number of aromatic nitrogens is 3. The number of hydrogen-bond acceptors (Lipinski definition) is 4. The Labute approximate surface area is 159 Å². The summed E-state index contributed by atoms with van der Waals surface area (Å²) in [5.41, 5.74) is 2.27. The zero-order chi connectivity index (χ0) is 19.4. The zero-order valence-electron chi connectivity index (χ0n) is 16.8.